The van der Waals surface area contributed by atoms with Crippen molar-refractivity contribution in [3.63, 3.8) is 0 Å². The fraction of sp³-hybridized carbons (Fsp3) is 0.273. The van der Waals surface area contributed by atoms with Crippen LogP contribution in [0.3, 0.4) is 0 Å². The summed E-state index contributed by atoms with van der Waals surface area (Å²) in [5.41, 5.74) is 0. The van der Waals surface area contributed by atoms with Crippen LogP contribution in [0.4, 0.5) is 0 Å². The van der Waals surface area contributed by atoms with E-state index in [1.807, 2.05) is 24.3 Å². The molecule has 2 aliphatic rings. The molecule has 0 unspecified atom stereocenters. The first-order chi connectivity index (χ1) is 5.50. The summed E-state index contributed by atoms with van der Waals surface area (Å²) in [6.07, 6.45) is 21.5. The van der Waals surface area contributed by atoms with Gasteiger partial charge in [0.2, 0.25) is 0 Å². The molecular formula is C11H12Ru. The van der Waals surface area contributed by atoms with Gasteiger partial charge in [-0.1, -0.05) is 6.42 Å². The van der Waals surface area contributed by atoms with E-state index in [1.54, 1.807) is 0 Å². The fourth-order valence-corrected chi connectivity index (χ4v) is 0.823. The molecule has 0 radical (unpaired) electrons. The molecule has 0 bridgehead atoms. The Balaban J connectivity index is 0.000000189. The topological polar surface area (TPSA) is 0 Å². The van der Waals surface area contributed by atoms with Gasteiger partial charge in [0.1, 0.15) is 0 Å². The van der Waals surface area contributed by atoms with Gasteiger partial charge in [-0.05, 0) is 0 Å². The molecule has 0 nitrogen and oxygen atoms in total. The fourth-order valence-electron chi connectivity index (χ4n) is 0.823. The van der Waals surface area contributed by atoms with Crippen molar-refractivity contribution in [3.05, 3.63) is 48.6 Å². The Morgan fingerprint density at radius 3 is 1.83 bits per heavy atom. The van der Waals surface area contributed by atoms with Gasteiger partial charge in [-0.25, -0.2) is 24.3 Å². The summed E-state index contributed by atoms with van der Waals surface area (Å²) in [4.78, 5) is 0. The summed E-state index contributed by atoms with van der Waals surface area (Å²) >= 11 is 0. The third-order valence-corrected chi connectivity index (χ3v) is 1.39. The van der Waals surface area contributed by atoms with Crippen LogP contribution >= 0.6 is 0 Å². The number of hydrogen-bond donors (Lipinski definition) is 0. The summed E-state index contributed by atoms with van der Waals surface area (Å²) in [5.74, 6) is 0. The molecule has 0 saturated carbocycles. The number of allylic oxidation sites excluding steroid dienone is 8. The summed E-state index contributed by atoms with van der Waals surface area (Å²) in [6, 6.07) is 0. The predicted molar refractivity (Wildman–Crippen MR) is 47.8 cm³/mol. The SMILES string of the molecule is [C-]1=CC=CC1.[C-]1=CC=CCC1.[Ru+2]. The van der Waals surface area contributed by atoms with E-state index in [2.05, 4.69) is 24.3 Å². The summed E-state index contributed by atoms with van der Waals surface area (Å²) in [7, 11) is 0. The number of hydrogen-bond acceptors (Lipinski definition) is 0. The third-order valence-electron chi connectivity index (χ3n) is 1.39. The maximum Gasteiger partial charge on any atom is 2.00 e. The van der Waals surface area contributed by atoms with Gasteiger partial charge in [0, 0.05) is 0 Å². The Hall–Kier alpha value is -0.417. The Kier molecular flexibility index (Phi) is 8.38. The zero-order valence-electron chi connectivity index (χ0n) is 6.94. The molecule has 2 rings (SSSR count). The smallest absolute Gasteiger partial charge is 0.275 e. The van der Waals surface area contributed by atoms with E-state index in [0.717, 1.165) is 12.8 Å². The molecule has 0 spiro atoms. The van der Waals surface area contributed by atoms with Crippen LogP contribution in [-0.4, -0.2) is 0 Å². The Labute approximate surface area is 87.5 Å². The van der Waals surface area contributed by atoms with Gasteiger partial charge in [-0.15, -0.1) is 12.8 Å². The standard InChI is InChI=1S/C6H7.C5H5.Ru/c1-2-4-6-5-3-1;1-2-4-5-3-1;/h1-3H,4,6H2;1-3H,4H2;/q2*-1;+2. The van der Waals surface area contributed by atoms with Crippen molar-refractivity contribution in [1.82, 2.24) is 0 Å². The van der Waals surface area contributed by atoms with Crippen LogP contribution in [0.5, 0.6) is 0 Å². The van der Waals surface area contributed by atoms with Crippen molar-refractivity contribution in [2.75, 3.05) is 0 Å². The van der Waals surface area contributed by atoms with Crippen LogP contribution in [0.1, 0.15) is 19.3 Å². The molecule has 1 heteroatoms. The first kappa shape index (κ1) is 11.6. The molecule has 0 amide bonds. The van der Waals surface area contributed by atoms with Crippen LogP contribution in [-0.2, 0) is 19.5 Å². The average Bonchev–Trinajstić information content (AvgIpc) is 2.64. The maximum absolute atomic E-state index is 3.07. The van der Waals surface area contributed by atoms with Crippen LogP contribution in [0.15, 0.2) is 36.5 Å². The minimum absolute atomic E-state index is 0. The Morgan fingerprint density at radius 1 is 0.917 bits per heavy atom. The zero-order chi connectivity index (χ0) is 7.78. The van der Waals surface area contributed by atoms with E-state index >= 15 is 0 Å². The van der Waals surface area contributed by atoms with Crippen molar-refractivity contribution < 1.29 is 19.5 Å². The molecule has 0 aromatic carbocycles. The molecule has 0 atom stereocenters. The molecule has 0 aromatic rings. The maximum atomic E-state index is 3.07. The van der Waals surface area contributed by atoms with Gasteiger partial charge >= 0.3 is 19.5 Å². The molecule has 12 heavy (non-hydrogen) atoms. The summed E-state index contributed by atoms with van der Waals surface area (Å²) in [5, 5.41) is 0. The quantitative estimate of drug-likeness (QED) is 0.454. The first-order valence-corrected chi connectivity index (χ1v) is 3.93. The van der Waals surface area contributed by atoms with E-state index in [0.29, 0.717) is 0 Å². The molecule has 2 aliphatic carbocycles. The second-order valence-corrected chi connectivity index (χ2v) is 2.34. The van der Waals surface area contributed by atoms with Gasteiger partial charge in [-0.3, -0.25) is 12.2 Å². The second-order valence-electron chi connectivity index (χ2n) is 2.34. The van der Waals surface area contributed by atoms with Gasteiger partial charge in [0.25, 0.3) is 0 Å². The molecule has 0 aromatic heterocycles. The minimum Gasteiger partial charge on any atom is -0.275 e. The largest absolute Gasteiger partial charge is 2.00 e. The van der Waals surface area contributed by atoms with Crippen molar-refractivity contribution >= 4 is 0 Å². The van der Waals surface area contributed by atoms with Crippen LogP contribution < -0.4 is 0 Å². The molecule has 0 heterocycles. The van der Waals surface area contributed by atoms with Crippen LogP contribution in [0.25, 0.3) is 0 Å². The molecule has 0 saturated heterocycles. The van der Waals surface area contributed by atoms with E-state index in [9.17, 15) is 0 Å². The van der Waals surface area contributed by atoms with E-state index in [1.165, 1.54) is 6.42 Å². The minimum atomic E-state index is 0. The van der Waals surface area contributed by atoms with Gasteiger partial charge in [-0.2, -0.15) is 12.2 Å². The summed E-state index contributed by atoms with van der Waals surface area (Å²) < 4.78 is 0. The van der Waals surface area contributed by atoms with E-state index in [-0.39, 0.29) is 19.5 Å². The average molecular weight is 245 g/mol. The molecule has 0 aliphatic heterocycles. The Morgan fingerprint density at radius 2 is 1.67 bits per heavy atom. The van der Waals surface area contributed by atoms with Crippen molar-refractivity contribution in [1.29, 1.82) is 0 Å². The second kappa shape index (κ2) is 8.68. The molecular weight excluding hydrogens is 233 g/mol. The Bertz CT molecular complexity index is 175. The van der Waals surface area contributed by atoms with E-state index < -0.39 is 0 Å². The van der Waals surface area contributed by atoms with Gasteiger partial charge < -0.3 is 0 Å². The van der Waals surface area contributed by atoms with Crippen LogP contribution in [0, 0.1) is 12.2 Å². The molecule has 64 valence electrons. The third kappa shape index (κ3) is 6.30. The van der Waals surface area contributed by atoms with Crippen molar-refractivity contribution in [2.45, 2.75) is 19.3 Å². The summed E-state index contributed by atoms with van der Waals surface area (Å²) in [6.45, 7) is 0. The predicted octanol–water partition coefficient (Wildman–Crippen LogP) is 3.00. The van der Waals surface area contributed by atoms with Gasteiger partial charge in [0.15, 0.2) is 0 Å². The van der Waals surface area contributed by atoms with Crippen LogP contribution in [0.2, 0.25) is 0 Å². The van der Waals surface area contributed by atoms with Crippen molar-refractivity contribution in [2.24, 2.45) is 0 Å². The monoisotopic (exact) mass is 246 g/mol. The normalized spacial score (nSPS) is 16.7. The number of rotatable bonds is 0. The van der Waals surface area contributed by atoms with Crippen molar-refractivity contribution in [3.8, 4) is 0 Å². The first-order valence-electron chi connectivity index (χ1n) is 3.93. The van der Waals surface area contributed by atoms with E-state index in [4.69, 9.17) is 0 Å². The molecule has 0 fully saturated rings. The zero-order valence-corrected chi connectivity index (χ0v) is 8.68. The molecule has 0 N–H and O–H groups in total. The van der Waals surface area contributed by atoms with Gasteiger partial charge in [0.05, 0.1) is 0 Å².